The quantitative estimate of drug-likeness (QED) is 0.480. The summed E-state index contributed by atoms with van der Waals surface area (Å²) in [5, 5.41) is 5.07. The van der Waals surface area contributed by atoms with Crippen molar-refractivity contribution >= 4 is 51.6 Å². The standard InChI is InChI=1S/C25H26N4O3S/c1-4-28(5-2)24(32)19-10-9-11-20(16-19)26-23(31)15-14-21-17-33-25(27-21)29(18(3)30)22-12-7-6-8-13-22/h6-17H,4-5H2,1-3H3,(H,26,31)/b15-14+. The van der Waals surface area contributed by atoms with Crippen LogP contribution in [0.5, 0.6) is 0 Å². The van der Waals surface area contributed by atoms with Crippen molar-refractivity contribution in [2.45, 2.75) is 20.8 Å². The first kappa shape index (κ1) is 23.9. The summed E-state index contributed by atoms with van der Waals surface area (Å²) in [6, 6.07) is 16.1. The summed E-state index contributed by atoms with van der Waals surface area (Å²) in [6.07, 6.45) is 2.96. The SMILES string of the molecule is CCN(CC)C(=O)c1cccc(NC(=O)/C=C/c2csc(N(C(C)=O)c3ccccc3)n2)c1. The molecular formula is C25H26N4O3S. The summed E-state index contributed by atoms with van der Waals surface area (Å²) >= 11 is 1.32. The van der Waals surface area contributed by atoms with E-state index in [0.717, 1.165) is 5.69 Å². The number of benzene rings is 2. The van der Waals surface area contributed by atoms with Crippen molar-refractivity contribution < 1.29 is 14.4 Å². The van der Waals surface area contributed by atoms with E-state index in [2.05, 4.69) is 10.3 Å². The lowest BCUT2D eigenvalue weighted by atomic mass is 10.1. The number of carbonyl (C=O) groups excluding carboxylic acids is 3. The van der Waals surface area contributed by atoms with Crippen molar-refractivity contribution in [3.63, 3.8) is 0 Å². The topological polar surface area (TPSA) is 82.6 Å². The number of thiazole rings is 1. The highest BCUT2D eigenvalue weighted by Crippen LogP contribution is 2.29. The van der Waals surface area contributed by atoms with Crippen LogP contribution in [0.4, 0.5) is 16.5 Å². The largest absolute Gasteiger partial charge is 0.339 e. The molecule has 0 bridgehead atoms. The van der Waals surface area contributed by atoms with E-state index < -0.39 is 0 Å². The zero-order valence-electron chi connectivity index (χ0n) is 18.8. The van der Waals surface area contributed by atoms with Crippen LogP contribution >= 0.6 is 11.3 Å². The average Bonchev–Trinajstić information content (AvgIpc) is 3.27. The van der Waals surface area contributed by atoms with E-state index in [1.165, 1.54) is 29.2 Å². The fraction of sp³-hybridized carbons (Fsp3) is 0.200. The highest BCUT2D eigenvalue weighted by atomic mass is 32.1. The number of hydrogen-bond donors (Lipinski definition) is 1. The number of para-hydroxylation sites is 1. The highest BCUT2D eigenvalue weighted by molar-refractivity contribution is 7.14. The van der Waals surface area contributed by atoms with E-state index in [9.17, 15) is 14.4 Å². The van der Waals surface area contributed by atoms with Crippen LogP contribution in [0.25, 0.3) is 6.08 Å². The lowest BCUT2D eigenvalue weighted by molar-refractivity contribution is -0.116. The van der Waals surface area contributed by atoms with Gasteiger partial charge in [-0.25, -0.2) is 4.98 Å². The van der Waals surface area contributed by atoms with E-state index in [-0.39, 0.29) is 17.7 Å². The Balaban J connectivity index is 1.69. The molecular weight excluding hydrogens is 436 g/mol. The van der Waals surface area contributed by atoms with Gasteiger partial charge in [-0.05, 0) is 50.3 Å². The molecule has 0 unspecified atom stereocenters. The zero-order valence-corrected chi connectivity index (χ0v) is 19.6. The molecule has 0 aliphatic carbocycles. The van der Waals surface area contributed by atoms with Gasteiger partial charge in [-0.15, -0.1) is 11.3 Å². The lowest BCUT2D eigenvalue weighted by Gasteiger charge is -2.18. The molecule has 1 aromatic heterocycles. The Labute approximate surface area is 197 Å². The highest BCUT2D eigenvalue weighted by Gasteiger charge is 2.17. The van der Waals surface area contributed by atoms with Gasteiger partial charge in [-0.3, -0.25) is 19.3 Å². The Bertz CT molecular complexity index is 1150. The van der Waals surface area contributed by atoms with E-state index in [1.807, 2.05) is 44.2 Å². The van der Waals surface area contributed by atoms with Crippen LogP contribution < -0.4 is 10.2 Å². The molecule has 7 nitrogen and oxygen atoms in total. The Morgan fingerprint density at radius 1 is 1.03 bits per heavy atom. The minimum Gasteiger partial charge on any atom is -0.339 e. The molecule has 0 spiro atoms. The molecule has 3 aromatic rings. The molecule has 0 saturated carbocycles. The molecule has 1 heterocycles. The molecule has 0 aliphatic heterocycles. The maximum absolute atomic E-state index is 12.5. The maximum Gasteiger partial charge on any atom is 0.253 e. The second-order valence-corrected chi connectivity index (χ2v) is 7.96. The summed E-state index contributed by atoms with van der Waals surface area (Å²) in [5.74, 6) is -0.568. The van der Waals surface area contributed by atoms with Gasteiger partial charge in [-0.2, -0.15) is 0 Å². The number of nitrogens with one attached hydrogen (secondary N) is 1. The third-order valence-corrected chi connectivity index (χ3v) is 5.71. The van der Waals surface area contributed by atoms with Crippen molar-refractivity contribution in [3.8, 4) is 0 Å². The van der Waals surface area contributed by atoms with E-state index in [4.69, 9.17) is 0 Å². The molecule has 3 rings (SSSR count). The van der Waals surface area contributed by atoms with Crippen LogP contribution in [0.15, 0.2) is 66.1 Å². The minimum absolute atomic E-state index is 0.0740. The molecule has 0 saturated heterocycles. The Morgan fingerprint density at radius 3 is 2.42 bits per heavy atom. The molecule has 3 amide bonds. The van der Waals surface area contributed by atoms with Gasteiger partial charge in [0.2, 0.25) is 11.8 Å². The fourth-order valence-corrected chi connectivity index (χ4v) is 4.08. The van der Waals surface area contributed by atoms with E-state index in [0.29, 0.717) is 35.2 Å². The van der Waals surface area contributed by atoms with Crippen LogP contribution in [0.2, 0.25) is 0 Å². The smallest absolute Gasteiger partial charge is 0.253 e. The maximum atomic E-state index is 12.5. The first-order valence-electron chi connectivity index (χ1n) is 10.6. The van der Waals surface area contributed by atoms with Crippen molar-refractivity contribution in [1.29, 1.82) is 0 Å². The van der Waals surface area contributed by atoms with Crippen molar-refractivity contribution in [1.82, 2.24) is 9.88 Å². The second-order valence-electron chi connectivity index (χ2n) is 7.13. The molecule has 1 N–H and O–H groups in total. The van der Waals surface area contributed by atoms with Gasteiger partial charge in [0.1, 0.15) is 0 Å². The first-order chi connectivity index (χ1) is 15.9. The first-order valence-corrected chi connectivity index (χ1v) is 11.5. The van der Waals surface area contributed by atoms with Crippen molar-refractivity contribution in [2.24, 2.45) is 0 Å². The number of hydrogen-bond acceptors (Lipinski definition) is 5. The summed E-state index contributed by atoms with van der Waals surface area (Å²) in [6.45, 7) is 6.58. The van der Waals surface area contributed by atoms with Crippen molar-refractivity contribution in [3.05, 3.63) is 77.3 Å². The number of anilines is 3. The molecule has 0 fully saturated rings. The van der Waals surface area contributed by atoms with Crippen LogP contribution in [0, 0.1) is 0 Å². The Hall–Kier alpha value is -3.78. The minimum atomic E-state index is -0.344. The third-order valence-electron chi connectivity index (χ3n) is 4.86. The normalized spacial score (nSPS) is 10.8. The van der Waals surface area contributed by atoms with Gasteiger partial charge < -0.3 is 10.2 Å². The second kappa shape index (κ2) is 11.2. The monoisotopic (exact) mass is 462 g/mol. The average molecular weight is 463 g/mol. The van der Waals surface area contributed by atoms with E-state index in [1.54, 1.807) is 40.6 Å². The Kier molecular flexibility index (Phi) is 8.10. The summed E-state index contributed by atoms with van der Waals surface area (Å²) in [7, 11) is 0. The van der Waals surface area contributed by atoms with Gasteiger partial charge in [0.05, 0.1) is 11.4 Å². The number of carbonyl (C=O) groups is 3. The molecule has 8 heteroatoms. The Morgan fingerprint density at radius 2 is 1.76 bits per heavy atom. The predicted molar refractivity (Wildman–Crippen MR) is 133 cm³/mol. The number of aromatic nitrogens is 1. The van der Waals surface area contributed by atoms with E-state index >= 15 is 0 Å². The molecule has 0 aliphatic rings. The van der Waals surface area contributed by atoms with Crippen LogP contribution in [0.1, 0.15) is 36.8 Å². The molecule has 170 valence electrons. The number of nitrogens with zero attached hydrogens (tertiary/aromatic N) is 3. The zero-order chi connectivity index (χ0) is 23.8. The van der Waals surface area contributed by atoms with Gasteiger partial charge in [0.15, 0.2) is 5.13 Å². The van der Waals surface area contributed by atoms with Gasteiger partial charge in [0.25, 0.3) is 5.91 Å². The third kappa shape index (κ3) is 6.14. The summed E-state index contributed by atoms with van der Waals surface area (Å²) < 4.78 is 0. The van der Waals surface area contributed by atoms with Crippen molar-refractivity contribution in [2.75, 3.05) is 23.3 Å². The van der Waals surface area contributed by atoms with Crippen LogP contribution in [-0.4, -0.2) is 40.7 Å². The fourth-order valence-electron chi connectivity index (χ4n) is 3.23. The molecule has 2 aromatic carbocycles. The molecule has 33 heavy (non-hydrogen) atoms. The number of amides is 3. The lowest BCUT2D eigenvalue weighted by Crippen LogP contribution is -2.30. The molecule has 0 atom stereocenters. The van der Waals surface area contributed by atoms with Gasteiger partial charge in [-0.1, -0.05) is 24.3 Å². The predicted octanol–water partition coefficient (Wildman–Crippen LogP) is 4.96. The number of rotatable bonds is 8. The van der Waals surface area contributed by atoms with Gasteiger partial charge in [0, 0.05) is 42.7 Å². The summed E-state index contributed by atoms with van der Waals surface area (Å²) in [5.41, 5.74) is 2.35. The van der Waals surface area contributed by atoms with Crippen LogP contribution in [0.3, 0.4) is 0 Å². The molecule has 0 radical (unpaired) electrons. The van der Waals surface area contributed by atoms with Gasteiger partial charge >= 0.3 is 0 Å². The van der Waals surface area contributed by atoms with Crippen LogP contribution in [-0.2, 0) is 9.59 Å². The summed E-state index contributed by atoms with van der Waals surface area (Å²) in [4.78, 5) is 44.8.